The van der Waals surface area contributed by atoms with E-state index in [0.29, 0.717) is 5.02 Å². The summed E-state index contributed by atoms with van der Waals surface area (Å²) in [5, 5.41) is 20.2. The van der Waals surface area contributed by atoms with E-state index in [1.807, 2.05) is 0 Å². The van der Waals surface area contributed by atoms with Crippen molar-refractivity contribution in [1.29, 1.82) is 0 Å². The molecule has 8 N–H and O–H groups in total. The second kappa shape index (κ2) is 25.0. The summed E-state index contributed by atoms with van der Waals surface area (Å²) in [7, 11) is 0. The molecule has 0 atom stereocenters. The maximum absolute atomic E-state index is 10.5. The molecule has 0 fully saturated rings. The summed E-state index contributed by atoms with van der Waals surface area (Å²) in [5.41, 5.74) is 0.418. The molecule has 0 amide bonds. The van der Waals surface area contributed by atoms with E-state index in [1.165, 1.54) is 36.4 Å². The summed E-state index contributed by atoms with van der Waals surface area (Å²) < 4.78 is 0. The van der Waals surface area contributed by atoms with Crippen molar-refractivity contribution in [3.05, 3.63) is 70.7 Å². The topological polar surface area (TPSA) is 244 Å². The van der Waals surface area contributed by atoms with Crippen LogP contribution < -0.4 is 10.4 Å². The Morgan fingerprint density at radius 3 is 1.48 bits per heavy atom. The van der Waals surface area contributed by atoms with Crippen molar-refractivity contribution in [2.24, 2.45) is 0 Å². The van der Waals surface area contributed by atoms with Crippen LogP contribution in [0.3, 0.4) is 0 Å². The maximum Gasteiger partial charge on any atom is 2.00 e. The van der Waals surface area contributed by atoms with Gasteiger partial charge in [0.1, 0.15) is 0 Å². The Balaban J connectivity index is -0.0000000475. The van der Waals surface area contributed by atoms with Crippen molar-refractivity contribution >= 4 is 69.6 Å². The van der Waals surface area contributed by atoms with Gasteiger partial charge in [0.2, 0.25) is 0 Å². The minimum absolute atomic E-state index is 0. The van der Waals surface area contributed by atoms with Crippen LogP contribution in [0, 0.1) is 0 Å². The standard InChI is InChI=1S/C7H5ClO3.C7H6O2.2Mg.4H2O.O/c8-6-3-1-5(2-4-6)7(9)11-10;8-7(9)6-4-2-1-3-5-6;;;;;;;/h1-4,10H;1-5H,(H,8,9);;;4*1H2;/q;;2*+2;;;;;-2/p-2. The summed E-state index contributed by atoms with van der Waals surface area (Å²) in [4.78, 5) is 23.9. The molecule has 0 aliphatic rings. The van der Waals surface area contributed by atoms with E-state index < -0.39 is 11.9 Å². The Hall–Kier alpha value is -1.04. The van der Waals surface area contributed by atoms with Gasteiger partial charge in [-0.05, 0) is 29.8 Å². The monoisotopic (exact) mass is 428 g/mol. The minimum atomic E-state index is -1.13. The summed E-state index contributed by atoms with van der Waals surface area (Å²) in [5.74, 6) is -2.03. The van der Waals surface area contributed by atoms with Gasteiger partial charge < -0.3 is 47.4 Å². The zero-order chi connectivity index (χ0) is 15.0. The van der Waals surface area contributed by atoms with Gasteiger partial charge in [0.25, 0.3) is 0 Å². The van der Waals surface area contributed by atoms with Crippen LogP contribution in [0.2, 0.25) is 5.02 Å². The quantitative estimate of drug-likeness (QED) is 0.269. The number of carboxylic acids is 1. The molecule has 27 heavy (non-hydrogen) atoms. The fourth-order valence-electron chi connectivity index (χ4n) is 1.21. The Bertz CT molecular complexity index is 584. The first-order valence-electron chi connectivity index (χ1n) is 5.40. The average Bonchev–Trinajstić information content (AvgIpc) is 2.49. The van der Waals surface area contributed by atoms with Crippen molar-refractivity contribution in [2.45, 2.75) is 0 Å². The molecule has 2 rings (SSSR count). The van der Waals surface area contributed by atoms with Crippen molar-refractivity contribution in [2.75, 3.05) is 0 Å². The average molecular weight is 429 g/mol. The number of hydrogen-bond donors (Lipinski definition) is 0. The van der Waals surface area contributed by atoms with Crippen LogP contribution in [0.1, 0.15) is 20.7 Å². The number of hydrogen-bond acceptors (Lipinski definition) is 5. The molecule has 0 bridgehead atoms. The Labute approximate surface area is 191 Å². The van der Waals surface area contributed by atoms with E-state index in [1.54, 1.807) is 18.2 Å². The van der Waals surface area contributed by atoms with E-state index in [2.05, 4.69) is 4.89 Å². The third-order valence-electron chi connectivity index (χ3n) is 2.17. The van der Waals surface area contributed by atoms with Gasteiger partial charge in [-0.25, -0.2) is 4.79 Å². The Morgan fingerprint density at radius 2 is 1.19 bits per heavy atom. The van der Waals surface area contributed by atoms with E-state index in [9.17, 15) is 20.0 Å². The van der Waals surface area contributed by atoms with Gasteiger partial charge in [-0.15, -0.1) is 0 Å². The van der Waals surface area contributed by atoms with E-state index in [0.717, 1.165) is 0 Å². The van der Waals surface area contributed by atoms with Gasteiger partial charge in [0.15, 0.2) is 0 Å². The SMILES string of the molecule is O.O.O.O.O=C(O[O-])c1ccc(Cl)cc1.O=C([O-])c1ccccc1.[Mg+2].[Mg+2].[O-2]. The molecule has 0 heterocycles. The molecule has 144 valence electrons. The van der Waals surface area contributed by atoms with Crippen LogP contribution in [0.4, 0.5) is 0 Å². The summed E-state index contributed by atoms with van der Waals surface area (Å²) in [6, 6.07) is 13.9. The smallest absolute Gasteiger partial charge is 2.00 e. The molecule has 2 aromatic carbocycles. The molecular formula is C14H17ClMg2O10. The molecule has 0 unspecified atom stereocenters. The number of carbonyl (C=O) groups excluding carboxylic acids is 2. The van der Waals surface area contributed by atoms with Crippen LogP contribution in [-0.2, 0) is 10.4 Å². The number of benzene rings is 2. The fraction of sp³-hybridized carbons (Fsp3) is 0. The van der Waals surface area contributed by atoms with E-state index >= 15 is 0 Å². The number of aromatic carboxylic acids is 1. The van der Waals surface area contributed by atoms with Gasteiger partial charge >= 0.3 is 52.1 Å². The molecule has 0 radical (unpaired) electrons. The van der Waals surface area contributed by atoms with Crippen LogP contribution >= 0.6 is 11.6 Å². The van der Waals surface area contributed by atoms with Gasteiger partial charge in [-0.1, -0.05) is 41.9 Å². The van der Waals surface area contributed by atoms with Gasteiger partial charge in [-0.2, -0.15) is 0 Å². The second-order valence-corrected chi connectivity index (χ2v) is 3.97. The normalized spacial score (nSPS) is 6.74. The third-order valence-corrected chi connectivity index (χ3v) is 2.42. The number of carbonyl (C=O) groups is 2. The van der Waals surface area contributed by atoms with Gasteiger partial charge in [-0.3, -0.25) is 0 Å². The predicted octanol–water partition coefficient (Wildman–Crippen LogP) is -3.36. The molecular weight excluding hydrogens is 412 g/mol. The number of halogens is 1. The zero-order valence-electron chi connectivity index (χ0n) is 13.9. The van der Waals surface area contributed by atoms with Crippen molar-refractivity contribution in [1.82, 2.24) is 0 Å². The molecule has 0 saturated heterocycles. The molecule has 2 aromatic rings. The number of carboxylic acid groups (broad SMARTS) is 1. The minimum Gasteiger partial charge on any atom is -2.00 e. The maximum atomic E-state index is 10.5. The Morgan fingerprint density at radius 1 is 0.778 bits per heavy atom. The fourth-order valence-corrected chi connectivity index (χ4v) is 1.33. The van der Waals surface area contributed by atoms with Crippen LogP contribution in [0.25, 0.3) is 0 Å². The van der Waals surface area contributed by atoms with Gasteiger partial charge in [0, 0.05) is 5.02 Å². The number of rotatable bonds is 2. The third kappa shape index (κ3) is 18.1. The van der Waals surface area contributed by atoms with E-state index in [-0.39, 0.29) is 84.6 Å². The summed E-state index contributed by atoms with van der Waals surface area (Å²) >= 11 is 5.53. The molecule has 10 nitrogen and oxygen atoms in total. The first kappa shape index (κ1) is 45.0. The molecule has 13 heteroatoms. The molecule has 0 spiro atoms. The summed E-state index contributed by atoms with van der Waals surface area (Å²) in [6.07, 6.45) is 0. The zero-order valence-corrected chi connectivity index (χ0v) is 17.5. The predicted molar refractivity (Wildman–Crippen MR) is 94.3 cm³/mol. The first-order valence-corrected chi connectivity index (χ1v) is 5.78. The van der Waals surface area contributed by atoms with E-state index in [4.69, 9.17) is 11.6 Å². The van der Waals surface area contributed by atoms with Crippen LogP contribution in [0.15, 0.2) is 54.6 Å². The van der Waals surface area contributed by atoms with Crippen molar-refractivity contribution in [3.63, 3.8) is 0 Å². The van der Waals surface area contributed by atoms with Crippen LogP contribution in [0.5, 0.6) is 0 Å². The van der Waals surface area contributed by atoms with Crippen molar-refractivity contribution < 1.29 is 52.2 Å². The Kier molecular flexibility index (Phi) is 41.6. The van der Waals surface area contributed by atoms with Crippen LogP contribution in [-0.4, -0.2) is 79.9 Å². The molecule has 0 saturated carbocycles. The molecule has 0 aliphatic heterocycles. The van der Waals surface area contributed by atoms with Gasteiger partial charge in [0.05, 0.1) is 11.5 Å². The van der Waals surface area contributed by atoms with Crippen molar-refractivity contribution in [3.8, 4) is 0 Å². The second-order valence-electron chi connectivity index (χ2n) is 3.53. The summed E-state index contributed by atoms with van der Waals surface area (Å²) in [6.45, 7) is 0. The molecule has 0 aromatic heterocycles. The first-order chi connectivity index (χ1) is 9.54. The largest absolute Gasteiger partial charge is 2.00 e. The molecule has 0 aliphatic carbocycles.